The van der Waals surface area contributed by atoms with Crippen molar-refractivity contribution in [2.75, 3.05) is 12.4 Å². The molecule has 2 aromatic rings. The summed E-state index contributed by atoms with van der Waals surface area (Å²) in [5, 5.41) is 6.40. The topological polar surface area (TPSA) is 58.2 Å². The molecule has 0 bridgehead atoms. The number of halogens is 2. The molecule has 0 aliphatic carbocycles. The van der Waals surface area contributed by atoms with E-state index in [1.807, 2.05) is 0 Å². The minimum Gasteiger partial charge on any atom is -0.355 e. The molecule has 6 heteroatoms. The largest absolute Gasteiger partial charge is 0.355 e. The number of aryl methyl sites for hydroxylation is 1. The maximum atomic E-state index is 12.1. The van der Waals surface area contributed by atoms with Crippen LogP contribution >= 0.6 is 23.2 Å². The molecule has 0 atom stereocenters. The molecule has 0 aliphatic rings. The van der Waals surface area contributed by atoms with Crippen molar-refractivity contribution in [2.45, 2.75) is 12.8 Å². The van der Waals surface area contributed by atoms with Gasteiger partial charge < -0.3 is 10.6 Å². The van der Waals surface area contributed by atoms with Crippen molar-refractivity contribution >= 4 is 40.7 Å². The Labute approximate surface area is 144 Å². The lowest BCUT2D eigenvalue weighted by Crippen LogP contribution is -2.21. The molecule has 2 N–H and O–H groups in total. The molecule has 0 aliphatic heterocycles. The molecule has 4 nitrogen and oxygen atoms in total. The van der Waals surface area contributed by atoms with Gasteiger partial charge in [-0.1, -0.05) is 41.4 Å². The molecule has 23 heavy (non-hydrogen) atoms. The van der Waals surface area contributed by atoms with E-state index in [4.69, 9.17) is 23.2 Å². The second kappa shape index (κ2) is 7.99. The van der Waals surface area contributed by atoms with Gasteiger partial charge in [0, 0.05) is 23.5 Å². The number of hydrogen-bond donors (Lipinski definition) is 2. The first-order valence-corrected chi connectivity index (χ1v) is 7.81. The highest BCUT2D eigenvalue weighted by atomic mass is 35.5. The molecular weight excluding hydrogens is 335 g/mol. The van der Waals surface area contributed by atoms with E-state index in [0.717, 1.165) is 5.56 Å². The fourth-order valence-electron chi connectivity index (χ4n) is 2.11. The lowest BCUT2D eigenvalue weighted by molar-refractivity contribution is -0.116. The van der Waals surface area contributed by atoms with Gasteiger partial charge in [-0.3, -0.25) is 9.59 Å². The zero-order valence-electron chi connectivity index (χ0n) is 12.5. The Balaban J connectivity index is 2.01. The van der Waals surface area contributed by atoms with E-state index in [-0.39, 0.29) is 18.2 Å². The van der Waals surface area contributed by atoms with Gasteiger partial charge in [-0.05, 0) is 36.2 Å². The number of hydrogen-bond acceptors (Lipinski definition) is 2. The number of rotatable bonds is 5. The fraction of sp³-hybridized carbons (Fsp3) is 0.176. The van der Waals surface area contributed by atoms with Crippen molar-refractivity contribution < 1.29 is 9.59 Å². The molecule has 0 radical (unpaired) electrons. The highest BCUT2D eigenvalue weighted by Crippen LogP contribution is 2.22. The van der Waals surface area contributed by atoms with Gasteiger partial charge in [0.25, 0.3) is 5.91 Å². The average Bonchev–Trinajstić information content (AvgIpc) is 2.54. The zero-order chi connectivity index (χ0) is 16.8. The standard InChI is InChI=1S/C17H16Cl2N2O2/c1-20-17(23)13-4-2-3-5-15(13)21-16(22)9-7-11-6-8-12(18)10-14(11)19/h2-6,8,10H,7,9H2,1H3,(H,20,23)(H,21,22). The van der Waals surface area contributed by atoms with Gasteiger partial charge in [0.2, 0.25) is 5.91 Å². The molecule has 2 amide bonds. The van der Waals surface area contributed by atoms with E-state index in [1.165, 1.54) is 0 Å². The van der Waals surface area contributed by atoms with Gasteiger partial charge in [-0.25, -0.2) is 0 Å². The van der Waals surface area contributed by atoms with Crippen LogP contribution in [0.1, 0.15) is 22.3 Å². The molecule has 0 unspecified atom stereocenters. The second-order valence-corrected chi connectivity index (χ2v) is 5.75. The normalized spacial score (nSPS) is 10.2. The monoisotopic (exact) mass is 350 g/mol. The first-order valence-electron chi connectivity index (χ1n) is 7.06. The number of benzene rings is 2. The highest BCUT2D eigenvalue weighted by Gasteiger charge is 2.12. The summed E-state index contributed by atoms with van der Waals surface area (Å²) >= 11 is 11.9. The lowest BCUT2D eigenvalue weighted by Gasteiger charge is -2.10. The molecule has 0 saturated carbocycles. The summed E-state index contributed by atoms with van der Waals surface area (Å²) in [5.41, 5.74) is 1.76. The Bertz CT molecular complexity index is 732. The minimum absolute atomic E-state index is 0.188. The molecular formula is C17H16Cl2N2O2. The summed E-state index contributed by atoms with van der Waals surface area (Å²) in [5.74, 6) is -0.436. The summed E-state index contributed by atoms with van der Waals surface area (Å²) in [6.45, 7) is 0. The summed E-state index contributed by atoms with van der Waals surface area (Å²) < 4.78 is 0. The van der Waals surface area contributed by atoms with E-state index in [9.17, 15) is 9.59 Å². The molecule has 2 aromatic carbocycles. The van der Waals surface area contributed by atoms with Gasteiger partial charge in [0.05, 0.1) is 11.3 Å². The number of para-hydroxylation sites is 1. The van der Waals surface area contributed by atoms with Crippen LogP contribution in [0.2, 0.25) is 10.0 Å². The molecule has 0 heterocycles. The third kappa shape index (κ3) is 4.71. The van der Waals surface area contributed by atoms with Crippen LogP contribution in [0.25, 0.3) is 0 Å². The summed E-state index contributed by atoms with van der Waals surface area (Å²) in [7, 11) is 1.55. The minimum atomic E-state index is -0.248. The predicted molar refractivity (Wildman–Crippen MR) is 93.2 cm³/mol. The van der Waals surface area contributed by atoms with Crippen molar-refractivity contribution in [1.82, 2.24) is 5.32 Å². The average molecular weight is 351 g/mol. The van der Waals surface area contributed by atoms with E-state index < -0.39 is 0 Å². The van der Waals surface area contributed by atoms with Crippen LogP contribution in [0, 0.1) is 0 Å². The van der Waals surface area contributed by atoms with Crippen LogP contribution in [-0.4, -0.2) is 18.9 Å². The number of amides is 2. The fourth-order valence-corrected chi connectivity index (χ4v) is 2.61. The Morgan fingerprint density at radius 1 is 1.09 bits per heavy atom. The third-order valence-corrected chi connectivity index (χ3v) is 3.90. The van der Waals surface area contributed by atoms with E-state index in [0.29, 0.717) is 27.7 Å². The zero-order valence-corrected chi connectivity index (χ0v) is 14.0. The Hall–Kier alpha value is -2.04. The van der Waals surface area contributed by atoms with Gasteiger partial charge in [-0.2, -0.15) is 0 Å². The van der Waals surface area contributed by atoms with Crippen molar-refractivity contribution in [3.63, 3.8) is 0 Å². The van der Waals surface area contributed by atoms with Gasteiger partial charge >= 0.3 is 0 Å². The van der Waals surface area contributed by atoms with Crippen LogP contribution in [0.15, 0.2) is 42.5 Å². The first-order chi connectivity index (χ1) is 11.0. The van der Waals surface area contributed by atoms with E-state index in [2.05, 4.69) is 10.6 Å². The number of carbonyl (C=O) groups excluding carboxylic acids is 2. The Morgan fingerprint density at radius 3 is 2.52 bits per heavy atom. The molecule has 120 valence electrons. The Morgan fingerprint density at radius 2 is 1.83 bits per heavy atom. The SMILES string of the molecule is CNC(=O)c1ccccc1NC(=O)CCc1ccc(Cl)cc1Cl. The third-order valence-electron chi connectivity index (χ3n) is 3.31. The van der Waals surface area contributed by atoms with E-state index >= 15 is 0 Å². The second-order valence-electron chi connectivity index (χ2n) is 4.91. The number of carbonyl (C=O) groups is 2. The van der Waals surface area contributed by atoms with Crippen molar-refractivity contribution in [3.05, 3.63) is 63.6 Å². The number of anilines is 1. The maximum Gasteiger partial charge on any atom is 0.253 e. The molecule has 0 aromatic heterocycles. The van der Waals surface area contributed by atoms with E-state index in [1.54, 1.807) is 49.5 Å². The molecule has 0 saturated heterocycles. The van der Waals surface area contributed by atoms with Crippen molar-refractivity contribution in [3.8, 4) is 0 Å². The van der Waals surface area contributed by atoms with Crippen molar-refractivity contribution in [2.24, 2.45) is 0 Å². The van der Waals surface area contributed by atoms with Crippen LogP contribution in [0.5, 0.6) is 0 Å². The predicted octanol–water partition coefficient (Wildman–Crippen LogP) is 3.92. The highest BCUT2D eigenvalue weighted by molar-refractivity contribution is 6.35. The van der Waals surface area contributed by atoms with Crippen LogP contribution in [0.3, 0.4) is 0 Å². The van der Waals surface area contributed by atoms with Crippen molar-refractivity contribution in [1.29, 1.82) is 0 Å². The van der Waals surface area contributed by atoms with Gasteiger partial charge in [0.15, 0.2) is 0 Å². The van der Waals surface area contributed by atoms with Gasteiger partial charge in [-0.15, -0.1) is 0 Å². The quantitative estimate of drug-likeness (QED) is 0.858. The van der Waals surface area contributed by atoms with Crippen LogP contribution in [-0.2, 0) is 11.2 Å². The molecule has 0 fully saturated rings. The van der Waals surface area contributed by atoms with Crippen LogP contribution < -0.4 is 10.6 Å². The van der Waals surface area contributed by atoms with Crippen LogP contribution in [0.4, 0.5) is 5.69 Å². The van der Waals surface area contributed by atoms with Gasteiger partial charge in [0.1, 0.15) is 0 Å². The molecule has 2 rings (SSSR count). The Kier molecular flexibility index (Phi) is 6.02. The summed E-state index contributed by atoms with van der Waals surface area (Å²) in [4.78, 5) is 23.9. The number of nitrogens with one attached hydrogen (secondary N) is 2. The maximum absolute atomic E-state index is 12.1. The lowest BCUT2D eigenvalue weighted by atomic mass is 10.1. The first kappa shape index (κ1) is 17.3. The summed E-state index contributed by atoms with van der Waals surface area (Å²) in [6.07, 6.45) is 0.743. The molecule has 0 spiro atoms. The smallest absolute Gasteiger partial charge is 0.253 e. The summed E-state index contributed by atoms with van der Waals surface area (Å²) in [6, 6.07) is 12.0.